The Hall–Kier alpha value is -0.860. The standard InChI is InChI=1S/C13H21NO/c1-13(2,14)12(8-9-15)10-11-6-4-3-5-7-11/h3-7,12,15H,8-10,14H2,1-2H3. The maximum Gasteiger partial charge on any atom is 0.0434 e. The van der Waals surface area contributed by atoms with Crippen molar-refractivity contribution in [2.45, 2.75) is 32.2 Å². The zero-order chi connectivity index (χ0) is 11.3. The van der Waals surface area contributed by atoms with Gasteiger partial charge in [-0.2, -0.15) is 0 Å². The highest BCUT2D eigenvalue weighted by Gasteiger charge is 2.24. The van der Waals surface area contributed by atoms with Crippen molar-refractivity contribution in [1.82, 2.24) is 0 Å². The van der Waals surface area contributed by atoms with Gasteiger partial charge in [-0.05, 0) is 38.2 Å². The van der Waals surface area contributed by atoms with E-state index in [0.717, 1.165) is 12.8 Å². The van der Waals surface area contributed by atoms with E-state index in [1.54, 1.807) is 0 Å². The van der Waals surface area contributed by atoms with Crippen LogP contribution < -0.4 is 5.73 Å². The SMILES string of the molecule is CC(C)(N)C(CCO)Cc1ccccc1. The molecule has 0 amide bonds. The van der Waals surface area contributed by atoms with Gasteiger partial charge in [0.1, 0.15) is 0 Å². The number of nitrogens with two attached hydrogens (primary N) is 1. The number of aliphatic hydroxyl groups is 1. The summed E-state index contributed by atoms with van der Waals surface area (Å²) in [6.45, 7) is 4.25. The summed E-state index contributed by atoms with van der Waals surface area (Å²) >= 11 is 0. The molecule has 84 valence electrons. The van der Waals surface area contributed by atoms with Gasteiger partial charge in [-0.1, -0.05) is 30.3 Å². The molecule has 0 spiro atoms. The topological polar surface area (TPSA) is 46.2 Å². The highest BCUT2D eigenvalue weighted by Crippen LogP contribution is 2.22. The number of hydrogen-bond donors (Lipinski definition) is 2. The van der Waals surface area contributed by atoms with Crippen LogP contribution in [0.2, 0.25) is 0 Å². The maximum absolute atomic E-state index is 9.02. The number of benzene rings is 1. The van der Waals surface area contributed by atoms with Crippen molar-refractivity contribution in [2.75, 3.05) is 6.61 Å². The van der Waals surface area contributed by atoms with Gasteiger partial charge in [0.15, 0.2) is 0 Å². The zero-order valence-electron chi connectivity index (χ0n) is 9.61. The van der Waals surface area contributed by atoms with Crippen molar-refractivity contribution in [3.05, 3.63) is 35.9 Å². The number of hydrogen-bond acceptors (Lipinski definition) is 2. The Labute approximate surface area is 92.1 Å². The largest absolute Gasteiger partial charge is 0.396 e. The van der Waals surface area contributed by atoms with E-state index in [0.29, 0.717) is 5.92 Å². The van der Waals surface area contributed by atoms with Crippen LogP contribution in [0, 0.1) is 5.92 Å². The average Bonchev–Trinajstić information content (AvgIpc) is 2.17. The van der Waals surface area contributed by atoms with Gasteiger partial charge in [0.25, 0.3) is 0 Å². The third kappa shape index (κ3) is 4.02. The fourth-order valence-electron chi connectivity index (χ4n) is 1.79. The van der Waals surface area contributed by atoms with E-state index in [1.165, 1.54) is 5.56 Å². The molecular weight excluding hydrogens is 186 g/mol. The molecule has 2 nitrogen and oxygen atoms in total. The van der Waals surface area contributed by atoms with Crippen LogP contribution in [0.1, 0.15) is 25.8 Å². The minimum absolute atomic E-state index is 0.206. The van der Waals surface area contributed by atoms with Gasteiger partial charge in [-0.15, -0.1) is 0 Å². The quantitative estimate of drug-likeness (QED) is 0.775. The summed E-state index contributed by atoms with van der Waals surface area (Å²) < 4.78 is 0. The van der Waals surface area contributed by atoms with Gasteiger partial charge in [-0.25, -0.2) is 0 Å². The Bertz CT molecular complexity index is 276. The van der Waals surface area contributed by atoms with Crippen LogP contribution in [-0.2, 0) is 6.42 Å². The van der Waals surface area contributed by atoms with Crippen molar-refractivity contribution in [1.29, 1.82) is 0 Å². The van der Waals surface area contributed by atoms with Crippen LogP contribution in [0.5, 0.6) is 0 Å². The lowest BCUT2D eigenvalue weighted by Gasteiger charge is -2.30. The molecule has 3 N–H and O–H groups in total. The molecule has 0 aliphatic carbocycles. The van der Waals surface area contributed by atoms with E-state index in [4.69, 9.17) is 10.8 Å². The second-order valence-corrected chi connectivity index (χ2v) is 4.72. The Morgan fingerprint density at radius 3 is 2.33 bits per heavy atom. The Kier molecular flexibility index (Phi) is 4.30. The van der Waals surface area contributed by atoms with E-state index in [9.17, 15) is 0 Å². The first kappa shape index (κ1) is 12.2. The van der Waals surface area contributed by atoms with Crippen LogP contribution >= 0.6 is 0 Å². The highest BCUT2D eigenvalue weighted by atomic mass is 16.3. The smallest absolute Gasteiger partial charge is 0.0434 e. The molecule has 0 radical (unpaired) electrons. The van der Waals surface area contributed by atoms with E-state index < -0.39 is 0 Å². The highest BCUT2D eigenvalue weighted by molar-refractivity contribution is 5.16. The number of rotatable bonds is 5. The van der Waals surface area contributed by atoms with Crippen LogP contribution in [0.15, 0.2) is 30.3 Å². The van der Waals surface area contributed by atoms with E-state index in [2.05, 4.69) is 12.1 Å². The van der Waals surface area contributed by atoms with Gasteiger partial charge in [0.2, 0.25) is 0 Å². The first-order valence-corrected chi connectivity index (χ1v) is 5.47. The average molecular weight is 207 g/mol. The lowest BCUT2D eigenvalue weighted by atomic mass is 9.81. The van der Waals surface area contributed by atoms with Crippen molar-refractivity contribution < 1.29 is 5.11 Å². The second-order valence-electron chi connectivity index (χ2n) is 4.72. The fraction of sp³-hybridized carbons (Fsp3) is 0.538. The molecule has 1 aromatic carbocycles. The Morgan fingerprint density at radius 2 is 1.87 bits per heavy atom. The Balaban J connectivity index is 2.67. The van der Waals surface area contributed by atoms with Gasteiger partial charge in [0, 0.05) is 12.1 Å². The Morgan fingerprint density at radius 1 is 1.27 bits per heavy atom. The molecule has 15 heavy (non-hydrogen) atoms. The summed E-state index contributed by atoms with van der Waals surface area (Å²) in [6, 6.07) is 10.3. The van der Waals surface area contributed by atoms with Gasteiger partial charge in [-0.3, -0.25) is 0 Å². The van der Waals surface area contributed by atoms with Crippen molar-refractivity contribution >= 4 is 0 Å². The minimum Gasteiger partial charge on any atom is -0.396 e. The van der Waals surface area contributed by atoms with Crippen LogP contribution in [0.4, 0.5) is 0 Å². The summed E-state index contributed by atoms with van der Waals surface area (Å²) in [5.74, 6) is 0.324. The van der Waals surface area contributed by atoms with Crippen molar-refractivity contribution in [2.24, 2.45) is 11.7 Å². The van der Waals surface area contributed by atoms with E-state index in [1.807, 2.05) is 32.0 Å². The molecular formula is C13H21NO. The molecule has 1 rings (SSSR count). The molecule has 1 atom stereocenters. The second kappa shape index (κ2) is 5.29. The predicted molar refractivity (Wildman–Crippen MR) is 63.6 cm³/mol. The summed E-state index contributed by atoms with van der Waals surface area (Å²) in [4.78, 5) is 0. The molecule has 0 heterocycles. The maximum atomic E-state index is 9.02. The van der Waals surface area contributed by atoms with Crippen LogP contribution in [-0.4, -0.2) is 17.3 Å². The molecule has 0 saturated heterocycles. The lowest BCUT2D eigenvalue weighted by molar-refractivity contribution is 0.212. The molecule has 0 aliphatic heterocycles. The predicted octanol–water partition coefficient (Wildman–Crippen LogP) is 1.96. The van der Waals surface area contributed by atoms with Gasteiger partial charge in [0.05, 0.1) is 0 Å². The molecule has 2 heteroatoms. The van der Waals surface area contributed by atoms with Crippen molar-refractivity contribution in [3.8, 4) is 0 Å². The zero-order valence-corrected chi connectivity index (χ0v) is 9.61. The molecule has 0 aliphatic rings. The summed E-state index contributed by atoms with van der Waals surface area (Å²) in [5, 5.41) is 9.02. The normalized spacial score (nSPS) is 13.9. The van der Waals surface area contributed by atoms with Crippen LogP contribution in [0.3, 0.4) is 0 Å². The first-order chi connectivity index (χ1) is 7.04. The first-order valence-electron chi connectivity index (χ1n) is 5.47. The molecule has 0 fully saturated rings. The molecule has 0 saturated carbocycles. The van der Waals surface area contributed by atoms with Gasteiger partial charge >= 0.3 is 0 Å². The molecule has 0 aromatic heterocycles. The molecule has 1 unspecified atom stereocenters. The van der Waals surface area contributed by atoms with Crippen LogP contribution in [0.25, 0.3) is 0 Å². The van der Waals surface area contributed by atoms with E-state index >= 15 is 0 Å². The molecule has 1 aromatic rings. The molecule has 0 bridgehead atoms. The summed E-state index contributed by atoms with van der Waals surface area (Å²) in [7, 11) is 0. The minimum atomic E-state index is -0.238. The van der Waals surface area contributed by atoms with Gasteiger partial charge < -0.3 is 10.8 Å². The summed E-state index contributed by atoms with van der Waals surface area (Å²) in [6.07, 6.45) is 1.70. The van der Waals surface area contributed by atoms with Crippen molar-refractivity contribution in [3.63, 3.8) is 0 Å². The monoisotopic (exact) mass is 207 g/mol. The van der Waals surface area contributed by atoms with E-state index in [-0.39, 0.29) is 12.1 Å². The fourth-order valence-corrected chi connectivity index (χ4v) is 1.79. The lowest BCUT2D eigenvalue weighted by Crippen LogP contribution is -2.42. The third-order valence-corrected chi connectivity index (χ3v) is 2.85. The number of aliphatic hydroxyl groups excluding tert-OH is 1. The summed E-state index contributed by atoms with van der Waals surface area (Å²) in [5.41, 5.74) is 7.15. The third-order valence-electron chi connectivity index (χ3n) is 2.85.